The normalized spacial score (nSPS) is 19.6. The van der Waals surface area contributed by atoms with Gasteiger partial charge in [0.2, 0.25) is 5.91 Å². The molecule has 0 unspecified atom stereocenters. The fourth-order valence-corrected chi connectivity index (χ4v) is 3.77. The van der Waals surface area contributed by atoms with E-state index in [0.29, 0.717) is 25.9 Å². The summed E-state index contributed by atoms with van der Waals surface area (Å²) >= 11 is 0. The van der Waals surface area contributed by atoms with Crippen molar-refractivity contribution < 1.29 is 19.3 Å². The second-order valence-electron chi connectivity index (χ2n) is 7.20. The zero-order valence-electron chi connectivity index (χ0n) is 16.5. The number of anilines is 1. The SMILES string of the molecule is CNC(=O)NC(=O)[C@H](c1ccccc1)[NH+]1CCC(C(=O)Nc2ccccc2)CC1. The first-order chi connectivity index (χ1) is 14.1. The van der Waals surface area contributed by atoms with Crippen LogP contribution in [-0.2, 0) is 9.59 Å². The maximum atomic E-state index is 12.8. The molecule has 0 aliphatic carbocycles. The second kappa shape index (κ2) is 9.84. The lowest BCUT2D eigenvalue weighted by Crippen LogP contribution is -3.14. The Hall–Kier alpha value is -3.19. The number of urea groups is 1. The summed E-state index contributed by atoms with van der Waals surface area (Å²) in [5, 5.41) is 7.78. The van der Waals surface area contributed by atoms with Crippen LogP contribution in [0.3, 0.4) is 0 Å². The van der Waals surface area contributed by atoms with Gasteiger partial charge in [0, 0.05) is 37.1 Å². The molecule has 7 nitrogen and oxygen atoms in total. The highest BCUT2D eigenvalue weighted by molar-refractivity contribution is 5.96. The van der Waals surface area contributed by atoms with Crippen LogP contribution in [0.1, 0.15) is 24.4 Å². The summed E-state index contributed by atoms with van der Waals surface area (Å²) in [4.78, 5) is 38.1. The third-order valence-corrected chi connectivity index (χ3v) is 5.31. The third kappa shape index (κ3) is 5.42. The quantitative estimate of drug-likeness (QED) is 0.611. The van der Waals surface area contributed by atoms with Crippen LogP contribution < -0.4 is 20.9 Å². The summed E-state index contributed by atoms with van der Waals surface area (Å²) in [6.07, 6.45) is 1.37. The number of likely N-dealkylation sites (tertiary alicyclic amines) is 1. The number of imide groups is 1. The topological polar surface area (TPSA) is 91.7 Å². The smallest absolute Gasteiger partial charge is 0.321 e. The summed E-state index contributed by atoms with van der Waals surface area (Å²) < 4.78 is 0. The number of carbonyl (C=O) groups excluding carboxylic acids is 3. The highest BCUT2D eigenvalue weighted by Gasteiger charge is 2.37. The van der Waals surface area contributed by atoms with Crippen LogP contribution in [0.4, 0.5) is 10.5 Å². The number of hydrogen-bond acceptors (Lipinski definition) is 3. The van der Waals surface area contributed by atoms with Gasteiger partial charge in [0.05, 0.1) is 13.1 Å². The molecule has 1 saturated heterocycles. The lowest BCUT2D eigenvalue weighted by atomic mass is 9.93. The van der Waals surface area contributed by atoms with Gasteiger partial charge in [-0.15, -0.1) is 0 Å². The van der Waals surface area contributed by atoms with Gasteiger partial charge in [-0.05, 0) is 12.1 Å². The van der Waals surface area contributed by atoms with Crippen molar-refractivity contribution in [2.24, 2.45) is 5.92 Å². The Morgan fingerprint density at radius 1 is 0.931 bits per heavy atom. The molecule has 152 valence electrons. The van der Waals surface area contributed by atoms with E-state index in [1.165, 1.54) is 7.05 Å². The molecule has 0 saturated carbocycles. The minimum Gasteiger partial charge on any atom is -0.341 e. The molecule has 4 amide bonds. The van der Waals surface area contributed by atoms with Gasteiger partial charge in [0.15, 0.2) is 6.04 Å². The third-order valence-electron chi connectivity index (χ3n) is 5.31. The van der Waals surface area contributed by atoms with E-state index >= 15 is 0 Å². The van der Waals surface area contributed by atoms with Crippen molar-refractivity contribution in [1.29, 1.82) is 0 Å². The fraction of sp³-hybridized carbons (Fsp3) is 0.318. The molecule has 0 spiro atoms. The Bertz CT molecular complexity index is 834. The lowest BCUT2D eigenvalue weighted by Gasteiger charge is -2.33. The zero-order valence-corrected chi connectivity index (χ0v) is 16.5. The van der Waals surface area contributed by atoms with Crippen LogP contribution in [0.15, 0.2) is 60.7 Å². The van der Waals surface area contributed by atoms with Crippen LogP contribution >= 0.6 is 0 Å². The Morgan fingerprint density at radius 3 is 2.10 bits per heavy atom. The summed E-state index contributed by atoms with van der Waals surface area (Å²) in [6.45, 7) is 1.35. The molecule has 0 aromatic heterocycles. The van der Waals surface area contributed by atoms with E-state index in [1.807, 2.05) is 60.7 Å². The number of nitrogens with one attached hydrogen (secondary N) is 4. The van der Waals surface area contributed by atoms with Gasteiger partial charge in [0.25, 0.3) is 5.91 Å². The highest BCUT2D eigenvalue weighted by atomic mass is 16.2. The molecule has 0 radical (unpaired) electrons. The van der Waals surface area contributed by atoms with E-state index in [2.05, 4.69) is 16.0 Å². The van der Waals surface area contributed by atoms with Crippen molar-refractivity contribution in [1.82, 2.24) is 10.6 Å². The Kier molecular flexibility index (Phi) is 6.97. The molecule has 29 heavy (non-hydrogen) atoms. The first-order valence-corrected chi connectivity index (χ1v) is 9.86. The largest absolute Gasteiger partial charge is 0.341 e. The summed E-state index contributed by atoms with van der Waals surface area (Å²) in [5.41, 5.74) is 1.65. The molecule has 1 aliphatic rings. The van der Waals surface area contributed by atoms with Crippen molar-refractivity contribution in [2.45, 2.75) is 18.9 Å². The number of benzene rings is 2. The van der Waals surface area contributed by atoms with E-state index in [9.17, 15) is 14.4 Å². The van der Waals surface area contributed by atoms with Crippen molar-refractivity contribution in [3.63, 3.8) is 0 Å². The molecule has 2 aromatic carbocycles. The Balaban J connectivity index is 1.65. The van der Waals surface area contributed by atoms with Gasteiger partial charge in [-0.2, -0.15) is 0 Å². The van der Waals surface area contributed by atoms with Crippen LogP contribution in [0.5, 0.6) is 0 Å². The summed E-state index contributed by atoms with van der Waals surface area (Å²) in [7, 11) is 1.48. The molecule has 3 rings (SSSR count). The number of carbonyl (C=O) groups is 3. The average molecular weight is 395 g/mol. The van der Waals surface area contributed by atoms with Crippen LogP contribution in [0, 0.1) is 5.92 Å². The van der Waals surface area contributed by atoms with Gasteiger partial charge in [-0.25, -0.2) is 4.79 Å². The predicted molar refractivity (Wildman–Crippen MR) is 110 cm³/mol. The molecule has 2 aromatic rings. The van der Waals surface area contributed by atoms with E-state index in [-0.39, 0.29) is 17.7 Å². The standard InChI is InChI=1S/C22H26N4O3/c1-23-22(29)25-21(28)19(16-8-4-2-5-9-16)26-14-12-17(13-15-26)20(27)24-18-10-6-3-7-11-18/h2-11,17,19H,12-15H2,1H3,(H,24,27)(H2,23,25,28,29)/p+1/t19-/m0/s1. The predicted octanol–water partition coefficient (Wildman–Crippen LogP) is 1.12. The molecule has 7 heteroatoms. The zero-order chi connectivity index (χ0) is 20.6. The lowest BCUT2D eigenvalue weighted by molar-refractivity contribution is -0.927. The number of quaternary nitrogens is 1. The van der Waals surface area contributed by atoms with Gasteiger partial charge in [-0.3, -0.25) is 14.9 Å². The Morgan fingerprint density at radius 2 is 1.52 bits per heavy atom. The number of piperidine rings is 1. The minimum absolute atomic E-state index is 0.0151. The monoisotopic (exact) mass is 395 g/mol. The van der Waals surface area contributed by atoms with Crippen LogP contribution in [-0.4, -0.2) is 38.0 Å². The van der Waals surface area contributed by atoms with E-state index in [0.717, 1.165) is 16.2 Å². The van der Waals surface area contributed by atoms with Crippen molar-refractivity contribution in [3.8, 4) is 0 Å². The summed E-state index contributed by atoms with van der Waals surface area (Å²) in [6, 6.07) is 17.9. The maximum Gasteiger partial charge on any atom is 0.321 e. The molecule has 1 fully saturated rings. The van der Waals surface area contributed by atoms with Crippen molar-refractivity contribution in [2.75, 3.05) is 25.5 Å². The molecule has 1 heterocycles. The second-order valence-corrected chi connectivity index (χ2v) is 7.20. The first kappa shape index (κ1) is 20.5. The maximum absolute atomic E-state index is 12.8. The molecule has 1 atom stereocenters. The van der Waals surface area contributed by atoms with Crippen molar-refractivity contribution >= 4 is 23.5 Å². The van der Waals surface area contributed by atoms with E-state index < -0.39 is 12.1 Å². The van der Waals surface area contributed by atoms with E-state index in [4.69, 9.17) is 0 Å². The van der Waals surface area contributed by atoms with Crippen molar-refractivity contribution in [3.05, 3.63) is 66.2 Å². The molecular formula is C22H27N4O3+. The van der Waals surface area contributed by atoms with Crippen LogP contribution in [0.2, 0.25) is 0 Å². The number of para-hydroxylation sites is 1. The van der Waals surface area contributed by atoms with Crippen LogP contribution in [0.25, 0.3) is 0 Å². The number of amides is 4. The average Bonchev–Trinajstić information content (AvgIpc) is 2.75. The molecule has 1 aliphatic heterocycles. The molecular weight excluding hydrogens is 368 g/mol. The first-order valence-electron chi connectivity index (χ1n) is 9.86. The highest BCUT2D eigenvalue weighted by Crippen LogP contribution is 2.17. The van der Waals surface area contributed by atoms with Gasteiger partial charge in [0.1, 0.15) is 0 Å². The van der Waals surface area contributed by atoms with Gasteiger partial charge in [-0.1, -0.05) is 48.5 Å². The Labute approximate surface area is 170 Å². The number of hydrogen-bond donors (Lipinski definition) is 4. The molecule has 0 bridgehead atoms. The van der Waals surface area contributed by atoms with Gasteiger partial charge < -0.3 is 15.5 Å². The minimum atomic E-state index is -0.521. The fourth-order valence-electron chi connectivity index (χ4n) is 3.77. The summed E-state index contributed by atoms with van der Waals surface area (Å²) in [5.74, 6) is -0.406. The van der Waals surface area contributed by atoms with Gasteiger partial charge >= 0.3 is 6.03 Å². The molecule has 4 N–H and O–H groups in total. The number of rotatable bonds is 5. The van der Waals surface area contributed by atoms with E-state index in [1.54, 1.807) is 0 Å².